The number of hydrogen-bond acceptors (Lipinski definition) is 6. The maximum atomic E-state index is 12.0. The standard InChI is InChI=1S/C19H27N5O3/c1-13(2)27-18(26)15-8-6-7-14(11-15)17-21-23-24(22-17)12-16(25)20-10-9-19(3,4)5/h6-8,11,13H,9-10,12H2,1-5H3,(H,20,25). The molecule has 0 aliphatic heterocycles. The first-order valence-corrected chi connectivity index (χ1v) is 9.00. The topological polar surface area (TPSA) is 99.0 Å². The largest absolute Gasteiger partial charge is 0.459 e. The van der Waals surface area contributed by atoms with Gasteiger partial charge in [0.1, 0.15) is 6.54 Å². The molecule has 8 heteroatoms. The summed E-state index contributed by atoms with van der Waals surface area (Å²) < 4.78 is 5.19. The van der Waals surface area contributed by atoms with Crippen LogP contribution in [0.1, 0.15) is 51.4 Å². The minimum absolute atomic E-state index is 0.00771. The molecule has 0 saturated heterocycles. The van der Waals surface area contributed by atoms with Gasteiger partial charge in [-0.2, -0.15) is 4.80 Å². The number of carbonyl (C=O) groups excluding carboxylic acids is 2. The first-order valence-electron chi connectivity index (χ1n) is 9.00. The van der Waals surface area contributed by atoms with Crippen molar-refractivity contribution in [2.24, 2.45) is 5.41 Å². The third-order valence-corrected chi connectivity index (χ3v) is 3.63. The van der Waals surface area contributed by atoms with Gasteiger partial charge in [-0.3, -0.25) is 4.79 Å². The summed E-state index contributed by atoms with van der Waals surface area (Å²) in [5, 5.41) is 15.0. The quantitative estimate of drug-likeness (QED) is 0.749. The fourth-order valence-corrected chi connectivity index (χ4v) is 2.25. The molecule has 2 aromatic rings. The van der Waals surface area contributed by atoms with E-state index in [1.165, 1.54) is 4.80 Å². The van der Waals surface area contributed by atoms with Gasteiger partial charge in [-0.05, 0) is 43.0 Å². The van der Waals surface area contributed by atoms with Gasteiger partial charge in [0.05, 0.1) is 11.7 Å². The van der Waals surface area contributed by atoms with E-state index in [1.54, 1.807) is 38.1 Å². The average Bonchev–Trinajstić information content (AvgIpc) is 3.01. The highest BCUT2D eigenvalue weighted by Crippen LogP contribution is 2.17. The number of ether oxygens (including phenoxy) is 1. The van der Waals surface area contributed by atoms with Crippen LogP contribution in [0, 0.1) is 5.41 Å². The van der Waals surface area contributed by atoms with Gasteiger partial charge in [0.2, 0.25) is 11.7 Å². The van der Waals surface area contributed by atoms with Crippen molar-refractivity contribution >= 4 is 11.9 Å². The van der Waals surface area contributed by atoms with Crippen LogP contribution in [0.5, 0.6) is 0 Å². The van der Waals surface area contributed by atoms with Crippen LogP contribution in [0.25, 0.3) is 11.4 Å². The van der Waals surface area contributed by atoms with Gasteiger partial charge in [-0.15, -0.1) is 10.2 Å². The maximum absolute atomic E-state index is 12.0. The van der Waals surface area contributed by atoms with Crippen LogP contribution in [0.4, 0.5) is 0 Å². The van der Waals surface area contributed by atoms with Gasteiger partial charge in [-0.25, -0.2) is 4.79 Å². The van der Waals surface area contributed by atoms with Gasteiger partial charge in [0.15, 0.2) is 0 Å². The van der Waals surface area contributed by atoms with E-state index >= 15 is 0 Å². The van der Waals surface area contributed by atoms with Crippen LogP contribution in [0.15, 0.2) is 24.3 Å². The number of esters is 1. The fourth-order valence-electron chi connectivity index (χ4n) is 2.25. The van der Waals surface area contributed by atoms with Gasteiger partial charge in [-0.1, -0.05) is 32.9 Å². The lowest BCUT2D eigenvalue weighted by Crippen LogP contribution is -2.31. The van der Waals surface area contributed by atoms with Crippen LogP contribution in [0.3, 0.4) is 0 Å². The number of rotatable bonds is 7. The number of tetrazole rings is 1. The molecule has 0 radical (unpaired) electrons. The van der Waals surface area contributed by atoms with Crippen molar-refractivity contribution in [2.75, 3.05) is 6.54 Å². The first-order chi connectivity index (χ1) is 12.6. The molecule has 0 aliphatic carbocycles. The molecule has 0 spiro atoms. The van der Waals surface area contributed by atoms with E-state index in [-0.39, 0.29) is 24.0 Å². The van der Waals surface area contributed by atoms with Crippen molar-refractivity contribution in [1.29, 1.82) is 0 Å². The number of amides is 1. The Kier molecular flexibility index (Phi) is 6.65. The molecule has 2 rings (SSSR count). The van der Waals surface area contributed by atoms with Gasteiger partial charge < -0.3 is 10.1 Å². The fraction of sp³-hybridized carbons (Fsp3) is 0.526. The summed E-state index contributed by atoms with van der Waals surface area (Å²) in [6.07, 6.45) is 0.686. The van der Waals surface area contributed by atoms with Crippen LogP contribution >= 0.6 is 0 Å². The van der Waals surface area contributed by atoms with E-state index in [0.717, 1.165) is 6.42 Å². The lowest BCUT2D eigenvalue weighted by atomic mass is 9.92. The maximum Gasteiger partial charge on any atom is 0.338 e. The zero-order valence-corrected chi connectivity index (χ0v) is 16.5. The Bertz CT molecular complexity index is 793. The van der Waals surface area contributed by atoms with Crippen molar-refractivity contribution in [3.63, 3.8) is 0 Å². The van der Waals surface area contributed by atoms with Crippen molar-refractivity contribution in [1.82, 2.24) is 25.5 Å². The van der Waals surface area contributed by atoms with Crippen LogP contribution in [-0.2, 0) is 16.1 Å². The Morgan fingerprint density at radius 3 is 2.67 bits per heavy atom. The zero-order chi connectivity index (χ0) is 20.0. The van der Waals surface area contributed by atoms with E-state index in [1.807, 2.05) is 0 Å². The molecule has 8 nitrogen and oxygen atoms in total. The van der Waals surface area contributed by atoms with Crippen LogP contribution in [0.2, 0.25) is 0 Å². The third-order valence-electron chi connectivity index (χ3n) is 3.63. The minimum atomic E-state index is -0.405. The number of carbonyl (C=O) groups is 2. The lowest BCUT2D eigenvalue weighted by molar-refractivity contribution is -0.122. The monoisotopic (exact) mass is 373 g/mol. The molecule has 0 aliphatic rings. The molecule has 0 bridgehead atoms. The van der Waals surface area contributed by atoms with Crippen LogP contribution < -0.4 is 5.32 Å². The number of aromatic nitrogens is 4. The van der Waals surface area contributed by atoms with Crippen molar-refractivity contribution in [2.45, 2.75) is 53.7 Å². The highest BCUT2D eigenvalue weighted by atomic mass is 16.5. The summed E-state index contributed by atoms with van der Waals surface area (Å²) in [6.45, 7) is 10.5. The summed E-state index contributed by atoms with van der Waals surface area (Å²) >= 11 is 0. The average molecular weight is 373 g/mol. The minimum Gasteiger partial charge on any atom is -0.459 e. The summed E-state index contributed by atoms with van der Waals surface area (Å²) in [4.78, 5) is 25.2. The lowest BCUT2D eigenvalue weighted by Gasteiger charge is -2.17. The highest BCUT2D eigenvalue weighted by Gasteiger charge is 2.14. The van der Waals surface area contributed by atoms with Gasteiger partial charge >= 0.3 is 5.97 Å². The van der Waals surface area contributed by atoms with Crippen molar-refractivity contribution < 1.29 is 14.3 Å². The van der Waals surface area contributed by atoms with E-state index in [2.05, 4.69) is 41.5 Å². The SMILES string of the molecule is CC(C)OC(=O)c1cccc(-c2nnn(CC(=O)NCCC(C)(C)C)n2)c1. The van der Waals surface area contributed by atoms with E-state index < -0.39 is 5.97 Å². The van der Waals surface area contributed by atoms with E-state index in [4.69, 9.17) is 4.74 Å². The summed E-state index contributed by atoms with van der Waals surface area (Å²) in [5.74, 6) is -0.230. The van der Waals surface area contributed by atoms with Gasteiger partial charge in [0.25, 0.3) is 0 Å². The molecule has 0 saturated carbocycles. The molecule has 0 fully saturated rings. The second-order valence-electron chi connectivity index (χ2n) is 7.84. The Morgan fingerprint density at radius 1 is 1.26 bits per heavy atom. The van der Waals surface area contributed by atoms with Crippen LogP contribution in [-0.4, -0.2) is 44.7 Å². The summed E-state index contributed by atoms with van der Waals surface area (Å²) in [6, 6.07) is 6.82. The molecular weight excluding hydrogens is 346 g/mol. The number of nitrogens with one attached hydrogen (secondary N) is 1. The summed E-state index contributed by atoms with van der Waals surface area (Å²) in [5.41, 5.74) is 1.21. The zero-order valence-electron chi connectivity index (χ0n) is 16.5. The first kappa shape index (κ1) is 20.5. The van der Waals surface area contributed by atoms with E-state index in [0.29, 0.717) is 23.5 Å². The summed E-state index contributed by atoms with van der Waals surface area (Å²) in [7, 11) is 0. The number of nitrogens with zero attached hydrogens (tertiary/aromatic N) is 4. The number of hydrogen-bond donors (Lipinski definition) is 1. The normalized spacial score (nSPS) is 11.5. The predicted octanol–water partition coefficient (Wildman–Crippen LogP) is 2.46. The molecular formula is C19H27N5O3. The Hall–Kier alpha value is -2.77. The molecule has 1 amide bonds. The molecule has 27 heavy (non-hydrogen) atoms. The Balaban J connectivity index is 1.99. The molecule has 146 valence electrons. The molecule has 1 N–H and O–H groups in total. The van der Waals surface area contributed by atoms with E-state index in [9.17, 15) is 9.59 Å². The molecule has 0 atom stereocenters. The molecule has 1 aromatic carbocycles. The molecule has 1 aromatic heterocycles. The second-order valence-corrected chi connectivity index (χ2v) is 7.84. The van der Waals surface area contributed by atoms with Crippen molar-refractivity contribution in [3.05, 3.63) is 29.8 Å². The Labute approximate surface area is 159 Å². The van der Waals surface area contributed by atoms with Gasteiger partial charge in [0, 0.05) is 12.1 Å². The molecule has 1 heterocycles. The molecule has 0 unspecified atom stereocenters. The highest BCUT2D eigenvalue weighted by molar-refractivity contribution is 5.90. The second kappa shape index (κ2) is 8.75. The third kappa shape index (κ3) is 6.80. The smallest absolute Gasteiger partial charge is 0.338 e. The predicted molar refractivity (Wildman–Crippen MR) is 101 cm³/mol. The number of benzene rings is 1. The Morgan fingerprint density at radius 2 is 2.00 bits per heavy atom. The van der Waals surface area contributed by atoms with Crippen molar-refractivity contribution in [3.8, 4) is 11.4 Å².